The summed E-state index contributed by atoms with van der Waals surface area (Å²) in [6, 6.07) is 5.65. The predicted octanol–water partition coefficient (Wildman–Crippen LogP) is 2.65. The Bertz CT molecular complexity index is 596. The molecule has 0 unspecified atom stereocenters. The van der Waals surface area contributed by atoms with Gasteiger partial charge in [0, 0.05) is 11.3 Å². The summed E-state index contributed by atoms with van der Waals surface area (Å²) in [7, 11) is 0. The number of rotatable bonds is 2. The second-order valence-corrected chi connectivity index (χ2v) is 4.58. The van der Waals surface area contributed by atoms with Crippen molar-refractivity contribution in [2.45, 2.75) is 26.2 Å². The zero-order valence-corrected chi connectivity index (χ0v) is 10.3. The van der Waals surface area contributed by atoms with E-state index in [2.05, 4.69) is 9.97 Å². The molecule has 0 amide bonds. The van der Waals surface area contributed by atoms with Crippen LogP contribution in [0.1, 0.15) is 23.2 Å². The molecule has 0 aliphatic heterocycles. The molecule has 0 saturated heterocycles. The van der Waals surface area contributed by atoms with Crippen LogP contribution in [0.25, 0.3) is 0 Å². The third kappa shape index (κ3) is 1.90. The van der Waals surface area contributed by atoms with Crippen molar-refractivity contribution in [1.82, 2.24) is 9.97 Å². The lowest BCUT2D eigenvalue weighted by atomic mass is 10.2. The Hall–Kier alpha value is -2.10. The minimum atomic E-state index is 0.682. The van der Waals surface area contributed by atoms with Crippen LogP contribution in [-0.2, 0) is 12.8 Å². The van der Waals surface area contributed by atoms with Crippen molar-refractivity contribution in [2.24, 2.45) is 0 Å². The fraction of sp³-hybridized carbons (Fsp3) is 0.286. The Labute approximate surface area is 106 Å². The smallest absolute Gasteiger partial charge is 0.225 e. The first-order valence-corrected chi connectivity index (χ1v) is 6.11. The summed E-state index contributed by atoms with van der Waals surface area (Å²) in [5.41, 5.74) is 9.84. The summed E-state index contributed by atoms with van der Waals surface area (Å²) in [6.45, 7) is 1.96. The van der Waals surface area contributed by atoms with Gasteiger partial charge in [0.1, 0.15) is 12.1 Å². The van der Waals surface area contributed by atoms with E-state index in [4.69, 9.17) is 10.5 Å². The van der Waals surface area contributed by atoms with Gasteiger partial charge in [0.15, 0.2) is 0 Å². The number of aromatic nitrogens is 2. The molecule has 3 rings (SSSR count). The Morgan fingerprint density at radius 1 is 1.22 bits per heavy atom. The van der Waals surface area contributed by atoms with E-state index in [1.807, 2.05) is 25.1 Å². The maximum absolute atomic E-state index is 5.85. The van der Waals surface area contributed by atoms with Crippen molar-refractivity contribution in [3.8, 4) is 11.6 Å². The van der Waals surface area contributed by atoms with E-state index >= 15 is 0 Å². The van der Waals surface area contributed by atoms with Crippen molar-refractivity contribution in [3.63, 3.8) is 0 Å². The summed E-state index contributed by atoms with van der Waals surface area (Å²) in [5, 5.41) is 0. The van der Waals surface area contributed by atoms with Crippen LogP contribution in [0.3, 0.4) is 0 Å². The highest BCUT2D eigenvalue weighted by Crippen LogP contribution is 2.31. The molecule has 92 valence electrons. The van der Waals surface area contributed by atoms with E-state index in [9.17, 15) is 0 Å². The minimum Gasteiger partial charge on any atom is -0.439 e. The van der Waals surface area contributed by atoms with Crippen LogP contribution < -0.4 is 10.5 Å². The van der Waals surface area contributed by atoms with Crippen molar-refractivity contribution >= 4 is 5.69 Å². The van der Waals surface area contributed by atoms with Gasteiger partial charge in [0.25, 0.3) is 0 Å². The van der Waals surface area contributed by atoms with E-state index in [0.29, 0.717) is 5.88 Å². The molecule has 0 saturated carbocycles. The van der Waals surface area contributed by atoms with E-state index in [-0.39, 0.29) is 0 Å². The normalized spacial score (nSPS) is 13.4. The SMILES string of the molecule is Cc1cc(Oc2ncnc3c2CCC3)ccc1N. The van der Waals surface area contributed by atoms with Gasteiger partial charge in [-0.3, -0.25) is 0 Å². The molecule has 2 N–H and O–H groups in total. The molecular formula is C14H15N3O. The number of anilines is 1. The first-order chi connectivity index (χ1) is 8.74. The average molecular weight is 241 g/mol. The molecular weight excluding hydrogens is 226 g/mol. The molecule has 1 heterocycles. The van der Waals surface area contributed by atoms with E-state index in [1.165, 1.54) is 0 Å². The molecule has 1 aliphatic rings. The Morgan fingerprint density at radius 3 is 2.94 bits per heavy atom. The van der Waals surface area contributed by atoms with Crippen molar-refractivity contribution in [2.75, 3.05) is 5.73 Å². The first kappa shape index (κ1) is 11.0. The van der Waals surface area contributed by atoms with Gasteiger partial charge in [-0.1, -0.05) is 0 Å². The maximum Gasteiger partial charge on any atom is 0.225 e. The Balaban J connectivity index is 1.93. The monoisotopic (exact) mass is 241 g/mol. The zero-order chi connectivity index (χ0) is 12.5. The third-order valence-electron chi connectivity index (χ3n) is 3.29. The van der Waals surface area contributed by atoms with Gasteiger partial charge in [-0.2, -0.15) is 0 Å². The second-order valence-electron chi connectivity index (χ2n) is 4.58. The predicted molar refractivity (Wildman–Crippen MR) is 69.7 cm³/mol. The molecule has 1 aromatic heterocycles. The quantitative estimate of drug-likeness (QED) is 0.821. The van der Waals surface area contributed by atoms with Gasteiger partial charge < -0.3 is 10.5 Å². The molecule has 2 aromatic rings. The van der Waals surface area contributed by atoms with Gasteiger partial charge >= 0.3 is 0 Å². The van der Waals surface area contributed by atoms with Crippen LogP contribution in [0.15, 0.2) is 24.5 Å². The van der Waals surface area contributed by atoms with Gasteiger partial charge in [0.2, 0.25) is 5.88 Å². The minimum absolute atomic E-state index is 0.682. The van der Waals surface area contributed by atoms with E-state index in [0.717, 1.165) is 47.5 Å². The molecule has 0 fully saturated rings. The number of hydrogen-bond acceptors (Lipinski definition) is 4. The average Bonchev–Trinajstić information content (AvgIpc) is 2.83. The molecule has 0 radical (unpaired) electrons. The number of hydrogen-bond donors (Lipinski definition) is 1. The fourth-order valence-electron chi connectivity index (χ4n) is 2.24. The van der Waals surface area contributed by atoms with Gasteiger partial charge in [-0.15, -0.1) is 0 Å². The molecule has 0 atom stereocenters. The van der Waals surface area contributed by atoms with Crippen LogP contribution in [0, 0.1) is 6.92 Å². The lowest BCUT2D eigenvalue weighted by Crippen LogP contribution is -1.97. The molecule has 1 aromatic carbocycles. The number of ether oxygens (including phenoxy) is 1. The van der Waals surface area contributed by atoms with E-state index in [1.54, 1.807) is 6.33 Å². The number of nitrogens with zero attached hydrogens (tertiary/aromatic N) is 2. The molecule has 4 nitrogen and oxygen atoms in total. The van der Waals surface area contributed by atoms with Crippen molar-refractivity contribution < 1.29 is 4.74 Å². The fourth-order valence-corrected chi connectivity index (χ4v) is 2.24. The van der Waals surface area contributed by atoms with Crippen LogP contribution in [-0.4, -0.2) is 9.97 Å². The van der Waals surface area contributed by atoms with Crippen molar-refractivity contribution in [1.29, 1.82) is 0 Å². The number of benzene rings is 1. The van der Waals surface area contributed by atoms with E-state index < -0.39 is 0 Å². The van der Waals surface area contributed by atoms with Gasteiger partial charge in [-0.25, -0.2) is 9.97 Å². The van der Waals surface area contributed by atoms with Crippen molar-refractivity contribution in [3.05, 3.63) is 41.3 Å². The van der Waals surface area contributed by atoms with Gasteiger partial charge in [-0.05, 0) is 49.9 Å². The number of aryl methyl sites for hydroxylation is 2. The van der Waals surface area contributed by atoms with Gasteiger partial charge in [0.05, 0.1) is 5.69 Å². The molecule has 4 heteroatoms. The molecule has 0 spiro atoms. The summed E-state index contributed by atoms with van der Waals surface area (Å²) in [5.74, 6) is 1.45. The highest BCUT2D eigenvalue weighted by molar-refractivity contribution is 5.50. The lowest BCUT2D eigenvalue weighted by molar-refractivity contribution is 0.455. The number of nitrogen functional groups attached to an aromatic ring is 1. The summed E-state index contributed by atoms with van der Waals surface area (Å²) in [4.78, 5) is 8.52. The maximum atomic E-state index is 5.85. The number of fused-ring (bicyclic) bond motifs is 1. The highest BCUT2D eigenvalue weighted by Gasteiger charge is 2.18. The molecule has 18 heavy (non-hydrogen) atoms. The zero-order valence-electron chi connectivity index (χ0n) is 10.3. The molecule has 0 bridgehead atoms. The summed E-state index contributed by atoms with van der Waals surface area (Å²) in [6.07, 6.45) is 4.73. The van der Waals surface area contributed by atoms with Crippen LogP contribution in [0.2, 0.25) is 0 Å². The summed E-state index contributed by atoms with van der Waals surface area (Å²) < 4.78 is 5.85. The number of nitrogens with two attached hydrogens (primary N) is 1. The first-order valence-electron chi connectivity index (χ1n) is 6.11. The van der Waals surface area contributed by atoms with Crippen LogP contribution >= 0.6 is 0 Å². The Kier molecular flexibility index (Phi) is 2.63. The van der Waals surface area contributed by atoms with Crippen LogP contribution in [0.5, 0.6) is 11.6 Å². The standard InChI is InChI=1S/C14H15N3O/c1-9-7-10(5-6-12(9)15)18-14-11-3-2-4-13(11)16-8-17-14/h5-8H,2-4,15H2,1H3. The lowest BCUT2D eigenvalue weighted by Gasteiger charge is -2.09. The second kappa shape index (κ2) is 4.29. The van der Waals surface area contributed by atoms with Crippen LogP contribution in [0.4, 0.5) is 5.69 Å². The topological polar surface area (TPSA) is 61.0 Å². The Morgan fingerprint density at radius 2 is 2.11 bits per heavy atom. The third-order valence-corrected chi connectivity index (χ3v) is 3.29. The summed E-state index contributed by atoms with van der Waals surface area (Å²) >= 11 is 0. The molecule has 1 aliphatic carbocycles. The largest absolute Gasteiger partial charge is 0.439 e. The highest BCUT2D eigenvalue weighted by atomic mass is 16.5.